The van der Waals surface area contributed by atoms with Gasteiger partial charge in [-0.1, -0.05) is 12.1 Å². The Bertz CT molecular complexity index is 949. The number of fused-ring (bicyclic) bond motifs is 2. The van der Waals surface area contributed by atoms with E-state index >= 15 is 0 Å². The number of carbonyl (C=O) groups excluding carboxylic acids is 1. The number of amides is 2. The van der Waals surface area contributed by atoms with E-state index in [2.05, 4.69) is 10.3 Å². The van der Waals surface area contributed by atoms with E-state index in [0.29, 0.717) is 37.3 Å². The quantitative estimate of drug-likeness (QED) is 0.776. The second-order valence-electron chi connectivity index (χ2n) is 5.68. The molecular formula is C17H16N4O2S. The number of nitrogens with one attached hydrogen (secondary N) is 1. The van der Waals surface area contributed by atoms with E-state index in [1.165, 1.54) is 4.40 Å². The Morgan fingerprint density at radius 3 is 3.04 bits per heavy atom. The highest BCUT2D eigenvalue weighted by Gasteiger charge is 2.24. The first-order valence-electron chi connectivity index (χ1n) is 7.76. The summed E-state index contributed by atoms with van der Waals surface area (Å²) >= 11 is 1.61. The van der Waals surface area contributed by atoms with Crippen molar-refractivity contribution < 1.29 is 4.79 Å². The third kappa shape index (κ3) is 2.67. The number of nitrogens with zero attached hydrogens (tertiary/aromatic N) is 3. The van der Waals surface area contributed by atoms with E-state index in [-0.39, 0.29) is 11.6 Å². The van der Waals surface area contributed by atoms with Gasteiger partial charge in [-0.3, -0.25) is 9.20 Å². The van der Waals surface area contributed by atoms with Gasteiger partial charge < -0.3 is 10.2 Å². The van der Waals surface area contributed by atoms with Crippen LogP contribution in [0.15, 0.2) is 46.7 Å². The molecule has 0 saturated heterocycles. The Labute approximate surface area is 142 Å². The smallest absolute Gasteiger partial charge is 0.318 e. The van der Waals surface area contributed by atoms with E-state index in [1.54, 1.807) is 28.5 Å². The highest BCUT2D eigenvalue weighted by Crippen LogP contribution is 2.15. The standard InChI is InChI=1S/C17H16N4O2S/c22-16-13-11-20(17(23)18-10-12-4-3-9-24-12)8-6-14(13)19-15-5-1-2-7-21(15)16/h1-5,7,9H,6,8,10-11H2,(H,18,23). The largest absolute Gasteiger partial charge is 0.333 e. The molecule has 3 aromatic heterocycles. The van der Waals surface area contributed by atoms with Crippen LogP contribution < -0.4 is 10.9 Å². The van der Waals surface area contributed by atoms with E-state index in [0.717, 1.165) is 10.6 Å². The minimum absolute atomic E-state index is 0.0913. The molecule has 0 fully saturated rings. The van der Waals surface area contributed by atoms with Crippen LogP contribution in [0.4, 0.5) is 4.79 Å². The molecule has 2 amide bonds. The van der Waals surface area contributed by atoms with E-state index in [9.17, 15) is 9.59 Å². The predicted octanol–water partition coefficient (Wildman–Crippen LogP) is 2.02. The molecule has 0 spiro atoms. The van der Waals surface area contributed by atoms with Crippen LogP contribution >= 0.6 is 11.3 Å². The molecule has 0 unspecified atom stereocenters. The summed E-state index contributed by atoms with van der Waals surface area (Å²) in [6.45, 7) is 1.38. The van der Waals surface area contributed by atoms with Gasteiger partial charge in [0.15, 0.2) is 0 Å². The van der Waals surface area contributed by atoms with Gasteiger partial charge in [-0.05, 0) is 23.6 Å². The van der Waals surface area contributed by atoms with Crippen LogP contribution in [0.3, 0.4) is 0 Å². The predicted molar refractivity (Wildman–Crippen MR) is 92.1 cm³/mol. The monoisotopic (exact) mass is 340 g/mol. The van der Waals surface area contributed by atoms with E-state index in [4.69, 9.17) is 0 Å². The molecular weight excluding hydrogens is 324 g/mol. The number of rotatable bonds is 2. The van der Waals surface area contributed by atoms with Crippen molar-refractivity contribution in [3.63, 3.8) is 0 Å². The van der Waals surface area contributed by atoms with Crippen LogP contribution in [0.2, 0.25) is 0 Å². The molecule has 4 heterocycles. The van der Waals surface area contributed by atoms with Crippen LogP contribution in [0.1, 0.15) is 16.1 Å². The minimum atomic E-state index is -0.147. The van der Waals surface area contributed by atoms with Gasteiger partial charge in [0.05, 0.1) is 24.3 Å². The maximum Gasteiger partial charge on any atom is 0.318 e. The second-order valence-corrected chi connectivity index (χ2v) is 6.71. The fraction of sp³-hybridized carbons (Fsp3) is 0.235. The normalized spacial score (nSPS) is 13.8. The number of carbonyl (C=O) groups is 1. The SMILES string of the molecule is O=C(NCc1cccs1)N1CCc2nc3ccccn3c(=O)c2C1. The van der Waals surface area contributed by atoms with Gasteiger partial charge in [0.1, 0.15) is 5.65 Å². The van der Waals surface area contributed by atoms with Gasteiger partial charge in [0.25, 0.3) is 5.56 Å². The molecule has 7 heteroatoms. The van der Waals surface area contributed by atoms with Crippen molar-refractivity contribution in [3.8, 4) is 0 Å². The van der Waals surface area contributed by atoms with Crippen LogP contribution in [-0.2, 0) is 19.5 Å². The summed E-state index contributed by atoms with van der Waals surface area (Å²) in [4.78, 5) is 32.4. The second kappa shape index (κ2) is 6.09. The fourth-order valence-corrected chi connectivity index (χ4v) is 3.55. The topological polar surface area (TPSA) is 66.7 Å². The van der Waals surface area contributed by atoms with Crippen molar-refractivity contribution in [2.24, 2.45) is 0 Å². The first kappa shape index (κ1) is 14.9. The molecule has 0 radical (unpaired) electrons. The lowest BCUT2D eigenvalue weighted by Crippen LogP contribution is -2.44. The number of aromatic nitrogens is 2. The van der Waals surface area contributed by atoms with E-state index in [1.807, 2.05) is 29.6 Å². The summed E-state index contributed by atoms with van der Waals surface area (Å²) in [6, 6.07) is 9.28. The maximum atomic E-state index is 12.7. The molecule has 1 aliphatic heterocycles. The zero-order valence-electron chi connectivity index (χ0n) is 12.9. The van der Waals surface area contributed by atoms with Gasteiger partial charge in [-0.25, -0.2) is 9.78 Å². The average Bonchev–Trinajstić information content (AvgIpc) is 3.13. The van der Waals surface area contributed by atoms with Gasteiger partial charge in [0, 0.05) is 24.0 Å². The van der Waals surface area contributed by atoms with Crippen LogP contribution in [0.5, 0.6) is 0 Å². The van der Waals surface area contributed by atoms with Crippen molar-refractivity contribution in [2.45, 2.75) is 19.5 Å². The molecule has 1 N–H and O–H groups in total. The van der Waals surface area contributed by atoms with Crippen LogP contribution in [0, 0.1) is 0 Å². The van der Waals surface area contributed by atoms with E-state index < -0.39 is 0 Å². The lowest BCUT2D eigenvalue weighted by Gasteiger charge is -2.28. The number of hydrogen-bond donors (Lipinski definition) is 1. The van der Waals surface area contributed by atoms with Gasteiger partial charge >= 0.3 is 6.03 Å². The van der Waals surface area contributed by atoms with Crippen molar-refractivity contribution in [1.29, 1.82) is 0 Å². The summed E-state index contributed by atoms with van der Waals surface area (Å²) in [7, 11) is 0. The molecule has 4 rings (SSSR count). The maximum absolute atomic E-state index is 12.7. The summed E-state index contributed by atoms with van der Waals surface area (Å²) < 4.78 is 1.53. The lowest BCUT2D eigenvalue weighted by atomic mass is 10.1. The molecule has 0 atom stereocenters. The van der Waals surface area contributed by atoms with Gasteiger partial charge in [-0.2, -0.15) is 0 Å². The highest BCUT2D eigenvalue weighted by molar-refractivity contribution is 7.09. The molecule has 0 aliphatic carbocycles. The highest BCUT2D eigenvalue weighted by atomic mass is 32.1. The summed E-state index contributed by atoms with van der Waals surface area (Å²) in [5.41, 5.74) is 1.97. The first-order chi connectivity index (χ1) is 11.7. The molecule has 1 aliphatic rings. The third-order valence-corrected chi connectivity index (χ3v) is 5.04. The van der Waals surface area contributed by atoms with Crippen molar-refractivity contribution in [3.05, 3.63) is 68.4 Å². The molecule has 3 aromatic rings. The Balaban J connectivity index is 1.55. The van der Waals surface area contributed by atoms with Crippen molar-refractivity contribution >= 4 is 23.0 Å². The lowest BCUT2D eigenvalue weighted by molar-refractivity contribution is 0.191. The zero-order chi connectivity index (χ0) is 16.5. The van der Waals surface area contributed by atoms with Crippen LogP contribution in [-0.4, -0.2) is 26.9 Å². The van der Waals surface area contributed by atoms with Crippen LogP contribution in [0.25, 0.3) is 5.65 Å². The molecule has 6 nitrogen and oxygen atoms in total. The Hall–Kier alpha value is -2.67. The summed E-state index contributed by atoms with van der Waals surface area (Å²) in [5.74, 6) is 0. The van der Waals surface area contributed by atoms with Gasteiger partial charge in [0.2, 0.25) is 0 Å². The average molecular weight is 340 g/mol. The molecule has 24 heavy (non-hydrogen) atoms. The Morgan fingerprint density at radius 2 is 2.21 bits per heavy atom. The number of hydrogen-bond acceptors (Lipinski definition) is 4. The number of thiophene rings is 1. The summed E-state index contributed by atoms with van der Waals surface area (Å²) in [6.07, 6.45) is 2.31. The first-order valence-corrected chi connectivity index (χ1v) is 8.64. The zero-order valence-corrected chi connectivity index (χ0v) is 13.8. The number of pyridine rings is 1. The van der Waals surface area contributed by atoms with Crippen molar-refractivity contribution in [1.82, 2.24) is 19.6 Å². The minimum Gasteiger partial charge on any atom is -0.333 e. The van der Waals surface area contributed by atoms with Gasteiger partial charge in [-0.15, -0.1) is 11.3 Å². The third-order valence-electron chi connectivity index (χ3n) is 4.16. The van der Waals surface area contributed by atoms with Crippen molar-refractivity contribution in [2.75, 3.05) is 6.54 Å². The number of urea groups is 1. The molecule has 0 aromatic carbocycles. The molecule has 0 bridgehead atoms. The Morgan fingerprint density at radius 1 is 1.29 bits per heavy atom. The fourth-order valence-electron chi connectivity index (χ4n) is 2.91. The molecule has 0 saturated carbocycles. The molecule has 122 valence electrons. The Kier molecular flexibility index (Phi) is 3.78. The summed E-state index contributed by atoms with van der Waals surface area (Å²) in [5, 5.41) is 4.89.